The van der Waals surface area contributed by atoms with Crippen molar-refractivity contribution in [2.75, 3.05) is 0 Å². The van der Waals surface area contributed by atoms with E-state index in [0.717, 1.165) is 12.8 Å². The molecule has 1 saturated heterocycles. The molecule has 1 aliphatic heterocycles. The van der Waals surface area contributed by atoms with Crippen LogP contribution in [0.5, 0.6) is 0 Å². The van der Waals surface area contributed by atoms with E-state index in [1.54, 1.807) is 0 Å². The lowest BCUT2D eigenvalue weighted by Gasteiger charge is -2.48. The minimum absolute atomic E-state index is 0.278. The molecule has 3 fully saturated rings. The summed E-state index contributed by atoms with van der Waals surface area (Å²) in [4.78, 5) is 25.7. The minimum atomic E-state index is -0.729. The zero-order valence-electron chi connectivity index (χ0n) is 18.3. The van der Waals surface area contributed by atoms with Crippen molar-refractivity contribution in [2.24, 2.45) is 17.3 Å². The van der Waals surface area contributed by atoms with Crippen molar-refractivity contribution in [3.63, 3.8) is 0 Å². The largest absolute Gasteiger partial charge is 0.456 e. The first-order chi connectivity index (χ1) is 13.4. The summed E-state index contributed by atoms with van der Waals surface area (Å²) in [6.07, 6.45) is 14.7. The maximum Gasteiger partial charge on any atom is 0.348 e. The van der Waals surface area contributed by atoms with Gasteiger partial charge in [0.1, 0.15) is 5.60 Å². The van der Waals surface area contributed by atoms with E-state index in [1.807, 2.05) is 20.8 Å². The average molecular weight is 393 g/mol. The molecule has 4 nitrogen and oxygen atoms in total. The normalized spacial score (nSPS) is 27.7. The average Bonchev–Trinajstić information content (AvgIpc) is 2.89. The highest BCUT2D eigenvalue weighted by atomic mass is 16.6. The van der Waals surface area contributed by atoms with Gasteiger partial charge in [-0.15, -0.1) is 0 Å². The van der Waals surface area contributed by atoms with Crippen molar-refractivity contribution < 1.29 is 19.1 Å². The molecule has 2 saturated carbocycles. The molecule has 0 aromatic rings. The predicted molar refractivity (Wildman–Crippen MR) is 110 cm³/mol. The number of hydrogen-bond donors (Lipinski definition) is 0. The van der Waals surface area contributed by atoms with Gasteiger partial charge < -0.3 is 9.47 Å². The summed E-state index contributed by atoms with van der Waals surface area (Å²) in [7, 11) is 0. The molecule has 1 unspecified atom stereocenters. The van der Waals surface area contributed by atoms with Crippen LogP contribution in [0, 0.1) is 17.3 Å². The molecule has 28 heavy (non-hydrogen) atoms. The number of cyclic esters (lactones) is 1. The molecule has 1 heterocycles. The van der Waals surface area contributed by atoms with Gasteiger partial charge in [-0.3, -0.25) is 4.79 Å². The van der Waals surface area contributed by atoms with Crippen LogP contribution in [0.1, 0.15) is 111 Å². The molecule has 2 aliphatic carbocycles. The van der Waals surface area contributed by atoms with Gasteiger partial charge in [0, 0.05) is 0 Å². The molecular weight excluding hydrogens is 352 g/mol. The van der Waals surface area contributed by atoms with Crippen molar-refractivity contribution in [1.29, 1.82) is 0 Å². The van der Waals surface area contributed by atoms with Crippen molar-refractivity contribution in [1.82, 2.24) is 0 Å². The van der Waals surface area contributed by atoms with Crippen LogP contribution in [-0.2, 0) is 19.1 Å². The quantitative estimate of drug-likeness (QED) is 0.542. The van der Waals surface area contributed by atoms with Gasteiger partial charge in [-0.25, -0.2) is 4.79 Å². The zero-order chi connectivity index (χ0) is 20.2. The van der Waals surface area contributed by atoms with E-state index < -0.39 is 11.5 Å². The maximum atomic E-state index is 13.2. The first kappa shape index (κ1) is 21.6. The third kappa shape index (κ3) is 4.57. The molecule has 0 amide bonds. The van der Waals surface area contributed by atoms with E-state index in [9.17, 15) is 9.59 Å². The Labute approximate surface area is 171 Å². The lowest BCUT2D eigenvalue weighted by Crippen LogP contribution is -2.50. The Morgan fingerprint density at radius 1 is 0.964 bits per heavy atom. The van der Waals surface area contributed by atoms with E-state index in [2.05, 4.69) is 0 Å². The van der Waals surface area contributed by atoms with E-state index in [4.69, 9.17) is 9.47 Å². The molecule has 4 heteroatoms. The maximum absolute atomic E-state index is 13.2. The van der Waals surface area contributed by atoms with Crippen molar-refractivity contribution in [2.45, 2.75) is 122 Å². The Morgan fingerprint density at radius 2 is 1.50 bits per heavy atom. The molecule has 1 atom stereocenters. The number of ether oxygens (including phenoxy) is 2. The van der Waals surface area contributed by atoms with Crippen LogP contribution < -0.4 is 0 Å². The molecule has 0 bridgehead atoms. The minimum Gasteiger partial charge on any atom is -0.456 e. The van der Waals surface area contributed by atoms with Crippen LogP contribution in [0.4, 0.5) is 0 Å². The molecular formula is C24H40O4. The summed E-state index contributed by atoms with van der Waals surface area (Å²) in [5.74, 6) is 0.401. The number of hydrogen-bond acceptors (Lipinski definition) is 4. The fraction of sp³-hybridized carbons (Fsp3) is 0.917. The molecule has 0 radical (unpaired) electrons. The Bertz CT molecular complexity index is 523. The van der Waals surface area contributed by atoms with Crippen LogP contribution in [0.25, 0.3) is 0 Å². The van der Waals surface area contributed by atoms with Gasteiger partial charge in [0.2, 0.25) is 0 Å². The molecule has 160 valence electrons. The van der Waals surface area contributed by atoms with Crippen LogP contribution in [-0.4, -0.2) is 23.6 Å². The highest BCUT2D eigenvalue weighted by Crippen LogP contribution is 2.49. The van der Waals surface area contributed by atoms with E-state index in [0.29, 0.717) is 24.7 Å². The molecule has 3 rings (SSSR count). The standard InChI is InChI=1S/C24H40O4/c1-4-23(2,3)22(26)27-20-16-11-17-24(28-21(20)25,18-12-7-5-8-13-18)19-14-9-6-10-15-19/h18-20H,4-17H2,1-3H3. The summed E-state index contributed by atoms with van der Waals surface area (Å²) in [5.41, 5.74) is -0.879. The smallest absolute Gasteiger partial charge is 0.348 e. The fourth-order valence-corrected chi connectivity index (χ4v) is 5.62. The zero-order valence-corrected chi connectivity index (χ0v) is 18.3. The van der Waals surface area contributed by atoms with Gasteiger partial charge in [-0.05, 0) is 77.0 Å². The second-order valence-electron chi connectivity index (χ2n) is 10.1. The van der Waals surface area contributed by atoms with Crippen LogP contribution in [0.15, 0.2) is 0 Å². The third-order valence-corrected chi connectivity index (χ3v) is 7.87. The van der Waals surface area contributed by atoms with E-state index >= 15 is 0 Å². The Kier molecular flexibility index (Phi) is 7.09. The van der Waals surface area contributed by atoms with Crippen LogP contribution in [0.3, 0.4) is 0 Å². The Hall–Kier alpha value is -1.06. The summed E-state index contributed by atoms with van der Waals surface area (Å²) in [5, 5.41) is 0. The van der Waals surface area contributed by atoms with Gasteiger partial charge in [0.15, 0.2) is 6.10 Å². The lowest BCUT2D eigenvalue weighted by molar-refractivity contribution is -0.193. The summed E-state index contributed by atoms with van der Waals surface area (Å²) in [6.45, 7) is 5.74. The number of rotatable bonds is 5. The van der Waals surface area contributed by atoms with Gasteiger partial charge in [0.05, 0.1) is 5.41 Å². The van der Waals surface area contributed by atoms with Crippen LogP contribution in [0.2, 0.25) is 0 Å². The van der Waals surface area contributed by atoms with Gasteiger partial charge in [0.25, 0.3) is 0 Å². The second-order valence-corrected chi connectivity index (χ2v) is 10.1. The van der Waals surface area contributed by atoms with E-state index in [-0.39, 0.29) is 17.5 Å². The molecule has 3 aliphatic rings. The number of carbonyl (C=O) groups excluding carboxylic acids is 2. The molecule has 0 spiro atoms. The molecule has 0 aromatic carbocycles. The summed E-state index contributed by atoms with van der Waals surface area (Å²) >= 11 is 0. The highest BCUT2D eigenvalue weighted by molar-refractivity contribution is 5.82. The van der Waals surface area contributed by atoms with Gasteiger partial charge >= 0.3 is 11.9 Å². The Morgan fingerprint density at radius 3 is 2.00 bits per heavy atom. The second kappa shape index (κ2) is 9.17. The predicted octanol–water partition coefficient (Wildman–Crippen LogP) is 5.96. The van der Waals surface area contributed by atoms with Crippen molar-refractivity contribution in [3.8, 4) is 0 Å². The summed E-state index contributed by atoms with van der Waals surface area (Å²) in [6, 6.07) is 0. The van der Waals surface area contributed by atoms with E-state index in [1.165, 1.54) is 64.2 Å². The monoisotopic (exact) mass is 392 g/mol. The first-order valence-electron chi connectivity index (χ1n) is 11.8. The third-order valence-electron chi connectivity index (χ3n) is 7.87. The topological polar surface area (TPSA) is 52.6 Å². The van der Waals surface area contributed by atoms with Gasteiger partial charge in [-0.2, -0.15) is 0 Å². The first-order valence-corrected chi connectivity index (χ1v) is 11.8. The molecule has 0 aromatic heterocycles. The number of carbonyl (C=O) groups is 2. The van der Waals surface area contributed by atoms with Crippen molar-refractivity contribution in [3.05, 3.63) is 0 Å². The highest BCUT2D eigenvalue weighted by Gasteiger charge is 2.51. The molecule has 0 N–H and O–H groups in total. The SMILES string of the molecule is CCC(C)(C)C(=O)OC1CCCC(C2CCCCC2)(C2CCCCC2)OC1=O. The van der Waals surface area contributed by atoms with Crippen molar-refractivity contribution >= 4 is 11.9 Å². The summed E-state index contributed by atoms with van der Waals surface area (Å²) < 4.78 is 12.1. The number of esters is 2. The fourth-order valence-electron chi connectivity index (χ4n) is 5.62. The van der Waals surface area contributed by atoms with Gasteiger partial charge in [-0.1, -0.05) is 45.4 Å². The lowest BCUT2D eigenvalue weighted by atomic mass is 9.64. The Balaban J connectivity index is 1.78. The van der Waals surface area contributed by atoms with Crippen LogP contribution >= 0.6 is 0 Å².